The van der Waals surface area contributed by atoms with Crippen LogP contribution in [0.3, 0.4) is 0 Å². The number of hydrogen-bond acceptors (Lipinski definition) is 6. The number of nitrogens with zero attached hydrogens (tertiary/aromatic N) is 4. The van der Waals surface area contributed by atoms with Crippen LogP contribution in [0, 0.1) is 0 Å². The lowest BCUT2D eigenvalue weighted by atomic mass is 9.84. The Hall–Kier alpha value is -3.68. The van der Waals surface area contributed by atoms with Gasteiger partial charge in [-0.3, -0.25) is 0 Å². The summed E-state index contributed by atoms with van der Waals surface area (Å²) < 4.78 is 1.72. The smallest absolute Gasteiger partial charge is 0.165 e. The molecule has 0 spiro atoms. The van der Waals surface area contributed by atoms with Gasteiger partial charge < -0.3 is 15.6 Å². The second-order valence-corrected chi connectivity index (χ2v) is 9.56. The van der Waals surface area contributed by atoms with Crippen LogP contribution in [0.25, 0.3) is 11.2 Å². The molecule has 5 aromatic rings. The van der Waals surface area contributed by atoms with Crippen molar-refractivity contribution >= 4 is 28.7 Å². The predicted octanol–water partition coefficient (Wildman–Crippen LogP) is 4.72. The average molecular weight is 481 g/mol. The van der Waals surface area contributed by atoms with Crippen LogP contribution in [-0.2, 0) is 11.3 Å². The van der Waals surface area contributed by atoms with Gasteiger partial charge in [-0.1, -0.05) is 91.0 Å². The number of rotatable bonds is 10. The standard InChI is InChI=1S/C28H28N6S/c29-26-25-27(32-20-31-26)34(21-33-25)18-16-30-17-19-35-28(22-10-4-1-5-11-22,23-12-6-2-7-13-23)24-14-8-3-9-15-24/h1-15,20-21,30H,16-19H2,(H2,29,31,32). The van der Waals surface area contributed by atoms with Gasteiger partial charge in [-0.2, -0.15) is 0 Å². The number of hydrogen-bond donors (Lipinski definition) is 2. The molecule has 35 heavy (non-hydrogen) atoms. The molecule has 2 heterocycles. The molecule has 0 unspecified atom stereocenters. The average Bonchev–Trinajstić information content (AvgIpc) is 3.34. The molecule has 0 bridgehead atoms. The van der Waals surface area contributed by atoms with Gasteiger partial charge in [0.1, 0.15) is 11.8 Å². The van der Waals surface area contributed by atoms with E-state index in [0.29, 0.717) is 11.3 Å². The summed E-state index contributed by atoms with van der Waals surface area (Å²) in [7, 11) is 0. The van der Waals surface area contributed by atoms with Gasteiger partial charge in [0.05, 0.1) is 11.1 Å². The molecule has 0 radical (unpaired) electrons. The Labute approximate surface area is 209 Å². The molecule has 6 nitrogen and oxygen atoms in total. The second-order valence-electron chi connectivity index (χ2n) is 8.25. The maximum atomic E-state index is 5.90. The Bertz CT molecular complexity index is 1260. The molecule has 0 fully saturated rings. The van der Waals surface area contributed by atoms with Gasteiger partial charge in [-0.05, 0) is 16.7 Å². The molecule has 0 atom stereocenters. The van der Waals surface area contributed by atoms with Gasteiger partial charge >= 0.3 is 0 Å². The van der Waals surface area contributed by atoms with Crippen LogP contribution in [0.4, 0.5) is 5.82 Å². The minimum atomic E-state index is -0.291. The van der Waals surface area contributed by atoms with Crippen molar-refractivity contribution < 1.29 is 0 Å². The Morgan fingerprint density at radius 1 is 0.743 bits per heavy atom. The highest BCUT2D eigenvalue weighted by Crippen LogP contribution is 2.48. The van der Waals surface area contributed by atoms with Crippen molar-refractivity contribution in [2.24, 2.45) is 0 Å². The Kier molecular flexibility index (Phi) is 7.07. The molecular formula is C28H28N6S. The van der Waals surface area contributed by atoms with Gasteiger partial charge in [-0.15, -0.1) is 11.8 Å². The third kappa shape index (κ3) is 4.78. The van der Waals surface area contributed by atoms with Crippen molar-refractivity contribution in [1.82, 2.24) is 24.8 Å². The SMILES string of the molecule is Nc1ncnc2c1ncn2CCNCCSC(c1ccccc1)(c1ccccc1)c1ccccc1. The summed E-state index contributed by atoms with van der Waals surface area (Å²) in [5.41, 5.74) is 11.2. The zero-order valence-electron chi connectivity index (χ0n) is 19.4. The van der Waals surface area contributed by atoms with E-state index in [4.69, 9.17) is 5.73 Å². The fourth-order valence-electron chi connectivity index (χ4n) is 4.43. The zero-order valence-corrected chi connectivity index (χ0v) is 20.2. The van der Waals surface area contributed by atoms with E-state index in [1.165, 1.54) is 23.0 Å². The highest BCUT2D eigenvalue weighted by atomic mass is 32.2. The van der Waals surface area contributed by atoms with Crippen LogP contribution >= 0.6 is 11.8 Å². The first-order valence-electron chi connectivity index (χ1n) is 11.7. The van der Waals surface area contributed by atoms with Crippen LogP contribution < -0.4 is 11.1 Å². The Morgan fingerprint density at radius 2 is 1.31 bits per heavy atom. The lowest BCUT2D eigenvalue weighted by molar-refractivity contribution is 0.622. The van der Waals surface area contributed by atoms with Crippen molar-refractivity contribution in [2.75, 3.05) is 24.6 Å². The maximum absolute atomic E-state index is 5.90. The largest absolute Gasteiger partial charge is 0.382 e. The zero-order chi connectivity index (χ0) is 23.9. The Morgan fingerprint density at radius 3 is 1.89 bits per heavy atom. The molecule has 0 amide bonds. The van der Waals surface area contributed by atoms with Crippen molar-refractivity contribution in [3.63, 3.8) is 0 Å². The molecule has 0 aliphatic carbocycles. The summed E-state index contributed by atoms with van der Waals surface area (Å²) in [5, 5.41) is 3.59. The van der Waals surface area contributed by atoms with Crippen LogP contribution in [0.1, 0.15) is 16.7 Å². The minimum absolute atomic E-state index is 0.291. The minimum Gasteiger partial charge on any atom is -0.382 e. The van der Waals surface area contributed by atoms with Gasteiger partial charge in [0.2, 0.25) is 0 Å². The van der Waals surface area contributed by atoms with Gasteiger partial charge in [0, 0.05) is 25.4 Å². The molecule has 3 aromatic carbocycles. The van der Waals surface area contributed by atoms with Gasteiger partial charge in [0.15, 0.2) is 11.5 Å². The first-order chi connectivity index (χ1) is 17.3. The normalized spacial score (nSPS) is 11.7. The number of imidazole rings is 1. The number of anilines is 1. The van der Waals surface area contributed by atoms with Gasteiger partial charge in [0.25, 0.3) is 0 Å². The van der Waals surface area contributed by atoms with Crippen molar-refractivity contribution in [3.8, 4) is 0 Å². The third-order valence-electron chi connectivity index (χ3n) is 6.10. The highest BCUT2D eigenvalue weighted by molar-refractivity contribution is 8.00. The van der Waals surface area contributed by atoms with Crippen LogP contribution in [0.5, 0.6) is 0 Å². The number of benzene rings is 3. The summed E-state index contributed by atoms with van der Waals surface area (Å²) in [6.07, 6.45) is 3.26. The third-order valence-corrected chi connectivity index (χ3v) is 7.65. The van der Waals surface area contributed by atoms with Gasteiger partial charge in [-0.25, -0.2) is 15.0 Å². The van der Waals surface area contributed by atoms with Crippen molar-refractivity contribution in [3.05, 3.63) is 120 Å². The van der Waals surface area contributed by atoms with E-state index in [2.05, 4.69) is 111 Å². The number of nitrogens with two attached hydrogens (primary N) is 1. The van der Waals surface area contributed by atoms with E-state index in [-0.39, 0.29) is 4.75 Å². The lowest BCUT2D eigenvalue weighted by Crippen LogP contribution is -2.29. The number of nitrogens with one attached hydrogen (secondary N) is 1. The second kappa shape index (κ2) is 10.7. The maximum Gasteiger partial charge on any atom is 0.165 e. The monoisotopic (exact) mass is 480 g/mol. The van der Waals surface area contributed by atoms with Crippen molar-refractivity contribution in [2.45, 2.75) is 11.3 Å². The number of nitrogen functional groups attached to an aromatic ring is 1. The summed E-state index contributed by atoms with van der Waals surface area (Å²) >= 11 is 1.96. The lowest BCUT2D eigenvalue weighted by Gasteiger charge is -2.35. The molecule has 0 aliphatic heterocycles. The summed E-state index contributed by atoms with van der Waals surface area (Å²) in [4.78, 5) is 12.7. The predicted molar refractivity (Wildman–Crippen MR) is 144 cm³/mol. The van der Waals surface area contributed by atoms with E-state index >= 15 is 0 Å². The van der Waals surface area contributed by atoms with E-state index < -0.39 is 0 Å². The summed E-state index contributed by atoms with van der Waals surface area (Å²) in [6, 6.07) is 32.4. The highest BCUT2D eigenvalue weighted by Gasteiger charge is 2.36. The van der Waals surface area contributed by atoms with Crippen molar-refractivity contribution in [1.29, 1.82) is 0 Å². The van der Waals surface area contributed by atoms with E-state index in [1.54, 1.807) is 6.33 Å². The number of fused-ring (bicyclic) bond motifs is 1. The topological polar surface area (TPSA) is 81.7 Å². The quantitative estimate of drug-likeness (QED) is 0.222. The molecule has 176 valence electrons. The number of thioether (sulfide) groups is 1. The molecule has 0 saturated carbocycles. The fourth-order valence-corrected chi connectivity index (χ4v) is 5.89. The Balaban J connectivity index is 1.31. The van der Waals surface area contributed by atoms with Crippen LogP contribution in [0.2, 0.25) is 0 Å². The molecule has 0 saturated heterocycles. The molecule has 7 heteroatoms. The number of aromatic nitrogens is 4. The van der Waals surface area contributed by atoms with E-state index in [9.17, 15) is 0 Å². The van der Waals surface area contributed by atoms with E-state index in [1.807, 2.05) is 16.3 Å². The molecule has 5 rings (SSSR count). The first kappa shape index (κ1) is 23.1. The fraction of sp³-hybridized carbons (Fsp3) is 0.179. The summed E-state index contributed by atoms with van der Waals surface area (Å²) in [5.74, 6) is 1.36. The summed E-state index contributed by atoms with van der Waals surface area (Å²) in [6.45, 7) is 2.45. The molecular weight excluding hydrogens is 452 g/mol. The molecule has 3 N–H and O–H groups in total. The molecule has 2 aromatic heterocycles. The van der Waals surface area contributed by atoms with Crippen LogP contribution in [0.15, 0.2) is 104 Å². The van der Waals surface area contributed by atoms with Crippen LogP contribution in [-0.4, -0.2) is 38.4 Å². The first-order valence-corrected chi connectivity index (χ1v) is 12.7. The molecule has 0 aliphatic rings. The van der Waals surface area contributed by atoms with E-state index in [0.717, 1.165) is 31.0 Å².